The summed E-state index contributed by atoms with van der Waals surface area (Å²) in [5.41, 5.74) is 0. The second kappa shape index (κ2) is 4.66. The number of aliphatic hydroxyl groups excluding tert-OH is 1. The Morgan fingerprint density at radius 1 is 1.29 bits per heavy atom. The number of thioether (sulfide) groups is 1. The van der Waals surface area contributed by atoms with Crippen LogP contribution in [-0.4, -0.2) is 29.7 Å². The van der Waals surface area contributed by atoms with Crippen LogP contribution in [0.15, 0.2) is 33.6 Å². The lowest BCUT2D eigenvalue weighted by Crippen LogP contribution is -2.19. The van der Waals surface area contributed by atoms with E-state index >= 15 is 0 Å². The van der Waals surface area contributed by atoms with Gasteiger partial charge in [-0.25, -0.2) is 0 Å². The molecule has 1 aliphatic heterocycles. The quantitative estimate of drug-likeness (QED) is 0.898. The molecule has 14 heavy (non-hydrogen) atoms. The van der Waals surface area contributed by atoms with Crippen LogP contribution in [0.3, 0.4) is 0 Å². The fourth-order valence-corrected chi connectivity index (χ4v) is 2.63. The summed E-state index contributed by atoms with van der Waals surface area (Å²) in [5, 5.41) is 9.73. The normalized spacial score (nSPS) is 26.7. The summed E-state index contributed by atoms with van der Waals surface area (Å²) >= 11 is 5.06. The fourth-order valence-electron chi connectivity index (χ4n) is 1.32. The van der Waals surface area contributed by atoms with Crippen molar-refractivity contribution < 1.29 is 9.84 Å². The lowest BCUT2D eigenvalue weighted by atomic mass is 10.3. The molecule has 0 spiro atoms. The number of ether oxygens (including phenoxy) is 1. The van der Waals surface area contributed by atoms with Crippen LogP contribution in [-0.2, 0) is 4.74 Å². The van der Waals surface area contributed by atoms with Crippen molar-refractivity contribution in [3.05, 3.63) is 28.7 Å². The molecular formula is C10H11BrO2S. The predicted octanol–water partition coefficient (Wildman–Crippen LogP) is 2.30. The van der Waals surface area contributed by atoms with Gasteiger partial charge in [-0.1, -0.05) is 15.9 Å². The van der Waals surface area contributed by atoms with Crippen LogP contribution in [0, 0.1) is 0 Å². The SMILES string of the molecule is O[C@@H]1COC[C@H]1Sc1ccc(Br)cc1. The maximum atomic E-state index is 9.55. The summed E-state index contributed by atoms with van der Waals surface area (Å²) in [7, 11) is 0. The zero-order valence-electron chi connectivity index (χ0n) is 7.52. The minimum absolute atomic E-state index is 0.177. The third-order valence-corrected chi connectivity index (χ3v) is 3.93. The molecule has 1 N–H and O–H groups in total. The van der Waals surface area contributed by atoms with Gasteiger partial charge in [-0.05, 0) is 24.3 Å². The molecular weight excluding hydrogens is 264 g/mol. The summed E-state index contributed by atoms with van der Waals surface area (Å²) in [6.07, 6.45) is -0.330. The second-order valence-corrected chi connectivity index (χ2v) is 5.44. The van der Waals surface area contributed by atoms with Gasteiger partial charge in [0, 0.05) is 9.37 Å². The van der Waals surface area contributed by atoms with Crippen molar-refractivity contribution in [3.8, 4) is 0 Å². The van der Waals surface area contributed by atoms with Crippen LogP contribution in [0.2, 0.25) is 0 Å². The molecule has 0 radical (unpaired) electrons. The lowest BCUT2D eigenvalue weighted by molar-refractivity contribution is 0.127. The van der Waals surface area contributed by atoms with Gasteiger partial charge in [-0.3, -0.25) is 0 Å². The monoisotopic (exact) mass is 274 g/mol. The first-order valence-corrected chi connectivity index (χ1v) is 6.11. The number of halogens is 1. The molecule has 1 aliphatic rings. The third-order valence-electron chi connectivity index (χ3n) is 2.10. The molecule has 4 heteroatoms. The van der Waals surface area contributed by atoms with Crippen molar-refractivity contribution in [1.29, 1.82) is 0 Å². The van der Waals surface area contributed by atoms with Gasteiger partial charge in [0.05, 0.1) is 24.6 Å². The standard InChI is InChI=1S/C10H11BrO2S/c11-7-1-3-8(4-2-7)14-10-6-13-5-9(10)12/h1-4,9-10,12H,5-6H2/t9-,10-/m1/s1. The van der Waals surface area contributed by atoms with Gasteiger partial charge in [0.15, 0.2) is 0 Å². The van der Waals surface area contributed by atoms with Crippen molar-refractivity contribution in [2.24, 2.45) is 0 Å². The molecule has 0 aliphatic carbocycles. The molecule has 0 unspecified atom stereocenters. The maximum absolute atomic E-state index is 9.55. The Morgan fingerprint density at radius 3 is 2.57 bits per heavy atom. The van der Waals surface area contributed by atoms with E-state index in [0.717, 1.165) is 4.47 Å². The molecule has 0 amide bonds. The van der Waals surface area contributed by atoms with E-state index in [1.54, 1.807) is 11.8 Å². The van der Waals surface area contributed by atoms with Crippen molar-refractivity contribution in [2.75, 3.05) is 13.2 Å². The van der Waals surface area contributed by atoms with Crippen molar-refractivity contribution in [1.82, 2.24) is 0 Å². The van der Waals surface area contributed by atoms with E-state index in [9.17, 15) is 5.11 Å². The number of hydrogen-bond acceptors (Lipinski definition) is 3. The first-order valence-electron chi connectivity index (χ1n) is 4.44. The molecule has 2 rings (SSSR count). The summed E-state index contributed by atoms with van der Waals surface area (Å²) in [6, 6.07) is 8.09. The van der Waals surface area contributed by atoms with Gasteiger partial charge >= 0.3 is 0 Å². The smallest absolute Gasteiger partial charge is 0.0917 e. The molecule has 1 aromatic carbocycles. The molecule has 2 atom stereocenters. The second-order valence-electron chi connectivity index (χ2n) is 3.22. The molecule has 2 nitrogen and oxygen atoms in total. The predicted molar refractivity (Wildman–Crippen MR) is 60.6 cm³/mol. The third kappa shape index (κ3) is 2.51. The molecule has 1 saturated heterocycles. The van der Waals surface area contributed by atoms with Crippen LogP contribution < -0.4 is 0 Å². The largest absolute Gasteiger partial charge is 0.389 e. The molecule has 1 fully saturated rings. The molecule has 0 bridgehead atoms. The number of aliphatic hydroxyl groups is 1. The Hall–Kier alpha value is -0.0300. The van der Waals surface area contributed by atoms with E-state index in [1.807, 2.05) is 24.3 Å². The highest BCUT2D eigenvalue weighted by molar-refractivity contribution is 9.10. The highest BCUT2D eigenvalue weighted by atomic mass is 79.9. The Labute approximate surface area is 95.8 Å². The summed E-state index contributed by atoms with van der Waals surface area (Å²) < 4.78 is 6.26. The molecule has 0 aromatic heterocycles. The number of rotatable bonds is 2. The van der Waals surface area contributed by atoms with Crippen molar-refractivity contribution in [3.63, 3.8) is 0 Å². The molecule has 76 valence electrons. The zero-order valence-corrected chi connectivity index (χ0v) is 9.92. The van der Waals surface area contributed by atoms with Crippen LogP contribution in [0.25, 0.3) is 0 Å². The minimum Gasteiger partial charge on any atom is -0.389 e. The van der Waals surface area contributed by atoms with E-state index in [4.69, 9.17) is 4.74 Å². The minimum atomic E-state index is -0.330. The van der Waals surface area contributed by atoms with Gasteiger partial charge in [-0.15, -0.1) is 11.8 Å². The Balaban J connectivity index is 2.00. The molecule has 1 aromatic rings. The lowest BCUT2D eigenvalue weighted by Gasteiger charge is -2.11. The van der Waals surface area contributed by atoms with Crippen LogP contribution in [0.4, 0.5) is 0 Å². The van der Waals surface area contributed by atoms with E-state index in [2.05, 4.69) is 15.9 Å². The molecule has 0 saturated carbocycles. The van der Waals surface area contributed by atoms with Crippen LogP contribution >= 0.6 is 27.7 Å². The van der Waals surface area contributed by atoms with Gasteiger partial charge < -0.3 is 9.84 Å². The zero-order chi connectivity index (χ0) is 9.97. The van der Waals surface area contributed by atoms with E-state index in [1.165, 1.54) is 4.90 Å². The number of hydrogen-bond donors (Lipinski definition) is 1. The molecule has 1 heterocycles. The topological polar surface area (TPSA) is 29.5 Å². The van der Waals surface area contributed by atoms with Gasteiger partial charge in [0.1, 0.15) is 0 Å². The van der Waals surface area contributed by atoms with E-state index in [-0.39, 0.29) is 11.4 Å². The average Bonchev–Trinajstić information content (AvgIpc) is 2.56. The van der Waals surface area contributed by atoms with Crippen molar-refractivity contribution in [2.45, 2.75) is 16.2 Å². The van der Waals surface area contributed by atoms with Crippen molar-refractivity contribution >= 4 is 27.7 Å². The first kappa shape index (κ1) is 10.5. The highest BCUT2D eigenvalue weighted by Gasteiger charge is 2.26. The Kier molecular flexibility index (Phi) is 3.49. The summed E-state index contributed by atoms with van der Waals surface area (Å²) in [5.74, 6) is 0. The van der Waals surface area contributed by atoms with Gasteiger partial charge in [0.2, 0.25) is 0 Å². The first-order chi connectivity index (χ1) is 6.75. The number of benzene rings is 1. The highest BCUT2D eigenvalue weighted by Crippen LogP contribution is 2.29. The fraction of sp³-hybridized carbons (Fsp3) is 0.400. The van der Waals surface area contributed by atoms with Gasteiger partial charge in [-0.2, -0.15) is 0 Å². The summed E-state index contributed by atoms with van der Waals surface area (Å²) in [4.78, 5) is 1.17. The Morgan fingerprint density at radius 2 is 2.00 bits per heavy atom. The van der Waals surface area contributed by atoms with Crippen LogP contribution in [0.5, 0.6) is 0 Å². The Bertz CT molecular complexity index is 301. The maximum Gasteiger partial charge on any atom is 0.0917 e. The van der Waals surface area contributed by atoms with Crippen LogP contribution in [0.1, 0.15) is 0 Å². The van der Waals surface area contributed by atoms with E-state index < -0.39 is 0 Å². The van der Waals surface area contributed by atoms with Gasteiger partial charge in [0.25, 0.3) is 0 Å². The van der Waals surface area contributed by atoms with E-state index in [0.29, 0.717) is 13.2 Å². The average molecular weight is 275 g/mol. The summed E-state index contributed by atoms with van der Waals surface area (Å²) in [6.45, 7) is 1.11.